The molecule has 4 aromatic rings. The maximum absolute atomic E-state index is 14.7. The molecule has 2 saturated carbocycles. The average Bonchev–Trinajstić information content (AvgIpc) is 4.08. The summed E-state index contributed by atoms with van der Waals surface area (Å²) >= 11 is 0. The summed E-state index contributed by atoms with van der Waals surface area (Å²) in [7, 11) is -3.91. The van der Waals surface area contributed by atoms with Gasteiger partial charge in [-0.15, -0.1) is 0 Å². The number of alkyl carbamates (subject to hydrolysis) is 1. The minimum absolute atomic E-state index is 0.0276. The molecule has 0 radical (unpaired) electrons. The number of sulfonamides is 1. The molecule has 16 heteroatoms. The Balaban J connectivity index is 1.15. The molecule has 4 amide bonds. The van der Waals surface area contributed by atoms with Gasteiger partial charge in [0.15, 0.2) is 5.65 Å². The van der Waals surface area contributed by atoms with Gasteiger partial charge in [0.05, 0.1) is 23.0 Å². The van der Waals surface area contributed by atoms with E-state index in [0.717, 1.165) is 29.4 Å². The molecular formula is C43H51N7O8S. The number of nitrogens with zero attached hydrogens (tertiary/aromatic N) is 4. The molecule has 312 valence electrons. The third kappa shape index (κ3) is 8.63. The van der Waals surface area contributed by atoms with Crippen LogP contribution < -0.4 is 20.1 Å². The Bertz CT molecular complexity index is 2440. The highest BCUT2D eigenvalue weighted by molar-refractivity contribution is 7.91. The van der Waals surface area contributed by atoms with Crippen molar-refractivity contribution in [2.45, 2.75) is 120 Å². The summed E-state index contributed by atoms with van der Waals surface area (Å²) in [4.78, 5) is 62.6. The highest BCUT2D eigenvalue weighted by Crippen LogP contribution is 2.46. The van der Waals surface area contributed by atoms with E-state index in [2.05, 4.69) is 15.4 Å². The zero-order chi connectivity index (χ0) is 41.7. The van der Waals surface area contributed by atoms with Crippen LogP contribution in [0.25, 0.3) is 27.8 Å². The lowest BCUT2D eigenvalue weighted by Crippen LogP contribution is -2.58. The summed E-state index contributed by atoms with van der Waals surface area (Å²) in [5.41, 5.74) is 1.53. The number of amides is 4. The Morgan fingerprint density at radius 1 is 1.00 bits per heavy atom. The summed E-state index contributed by atoms with van der Waals surface area (Å²) in [6.45, 7) is 7.17. The van der Waals surface area contributed by atoms with Crippen LogP contribution in [0.3, 0.4) is 0 Å². The van der Waals surface area contributed by atoms with Crippen molar-refractivity contribution in [1.82, 2.24) is 34.9 Å². The molecule has 3 fully saturated rings. The second-order valence-electron chi connectivity index (χ2n) is 17.3. The number of aromatic nitrogens is 3. The highest BCUT2D eigenvalue weighted by atomic mass is 32.2. The van der Waals surface area contributed by atoms with Crippen LogP contribution in [-0.2, 0) is 29.1 Å². The Hall–Kier alpha value is -5.51. The fraction of sp³-hybridized carbons (Fsp3) is 0.488. The minimum atomic E-state index is -3.91. The molecule has 8 rings (SSSR count). The maximum Gasteiger partial charge on any atom is 0.408 e. The molecule has 0 bridgehead atoms. The second kappa shape index (κ2) is 15.6. The number of fused-ring (bicyclic) bond motifs is 5. The van der Waals surface area contributed by atoms with Gasteiger partial charge in [-0.3, -0.25) is 19.1 Å². The first kappa shape index (κ1) is 40.3. The number of hydrogen-bond acceptors (Lipinski definition) is 10. The van der Waals surface area contributed by atoms with Crippen molar-refractivity contribution in [2.24, 2.45) is 5.92 Å². The van der Waals surface area contributed by atoms with Crippen LogP contribution in [0, 0.1) is 12.8 Å². The van der Waals surface area contributed by atoms with E-state index in [-0.39, 0.29) is 19.4 Å². The molecule has 2 aliphatic heterocycles. The number of benzene rings is 2. The van der Waals surface area contributed by atoms with E-state index in [0.29, 0.717) is 54.8 Å². The number of hydrogen-bond donors (Lipinski definition) is 3. The third-order valence-corrected chi connectivity index (χ3v) is 13.2. The Kier molecular flexibility index (Phi) is 10.6. The van der Waals surface area contributed by atoms with Gasteiger partial charge in [0.2, 0.25) is 27.7 Å². The number of carbonyl (C=O) groups is 4. The minimum Gasteiger partial charge on any atom is -0.472 e. The molecular weight excluding hydrogens is 775 g/mol. The van der Waals surface area contributed by atoms with E-state index in [1.165, 1.54) is 4.90 Å². The molecule has 0 spiro atoms. The van der Waals surface area contributed by atoms with Gasteiger partial charge in [0.25, 0.3) is 5.91 Å². The quantitative estimate of drug-likeness (QED) is 0.211. The topological polar surface area (TPSA) is 190 Å². The molecule has 2 aliphatic carbocycles. The number of nitrogens with one attached hydrogen (secondary N) is 3. The number of carbonyl (C=O) groups excluding carboxylic acids is 4. The molecule has 0 unspecified atom stereocenters. The van der Waals surface area contributed by atoms with Crippen LogP contribution in [0.1, 0.15) is 84.1 Å². The lowest BCUT2D eigenvalue weighted by molar-refractivity contribution is -0.141. The van der Waals surface area contributed by atoms with Crippen molar-refractivity contribution in [2.75, 3.05) is 6.54 Å². The van der Waals surface area contributed by atoms with Gasteiger partial charge in [-0.05, 0) is 78.4 Å². The van der Waals surface area contributed by atoms with E-state index >= 15 is 0 Å². The van der Waals surface area contributed by atoms with Gasteiger partial charge in [-0.2, -0.15) is 9.61 Å². The van der Waals surface area contributed by atoms with E-state index in [1.807, 2.05) is 67.6 Å². The molecule has 3 N–H and O–H groups in total. The van der Waals surface area contributed by atoms with Crippen LogP contribution in [0.2, 0.25) is 0 Å². The number of allylic oxidation sites excluding steroid dienone is 1. The molecule has 1 saturated heterocycles. The van der Waals surface area contributed by atoms with Crippen LogP contribution in [0.5, 0.6) is 5.88 Å². The largest absolute Gasteiger partial charge is 0.472 e. The molecule has 4 aliphatic rings. The number of ether oxygens (including phenoxy) is 2. The van der Waals surface area contributed by atoms with E-state index in [4.69, 9.17) is 19.6 Å². The maximum atomic E-state index is 14.7. The Labute approximate surface area is 343 Å². The smallest absolute Gasteiger partial charge is 0.408 e. The third-order valence-electron chi connectivity index (χ3n) is 11.4. The van der Waals surface area contributed by atoms with Crippen LogP contribution in [0.15, 0.2) is 66.7 Å². The van der Waals surface area contributed by atoms with Gasteiger partial charge in [-0.25, -0.2) is 18.2 Å². The highest BCUT2D eigenvalue weighted by Gasteiger charge is 2.62. The fourth-order valence-corrected chi connectivity index (χ4v) is 9.39. The van der Waals surface area contributed by atoms with Crippen LogP contribution in [0.4, 0.5) is 4.79 Å². The second-order valence-corrected chi connectivity index (χ2v) is 19.3. The van der Waals surface area contributed by atoms with Crippen LogP contribution in [-0.4, -0.2) is 92.9 Å². The van der Waals surface area contributed by atoms with Crippen molar-refractivity contribution in [3.63, 3.8) is 0 Å². The van der Waals surface area contributed by atoms with Crippen molar-refractivity contribution in [3.8, 4) is 17.1 Å². The van der Waals surface area contributed by atoms with Gasteiger partial charge in [-0.1, -0.05) is 67.0 Å². The predicted octanol–water partition coefficient (Wildman–Crippen LogP) is 5.10. The van der Waals surface area contributed by atoms with Gasteiger partial charge < -0.3 is 25.0 Å². The molecule has 4 heterocycles. The van der Waals surface area contributed by atoms with Crippen molar-refractivity contribution < 1.29 is 37.1 Å². The Morgan fingerprint density at radius 2 is 1.76 bits per heavy atom. The first-order valence-electron chi connectivity index (χ1n) is 20.5. The number of rotatable bonds is 7. The molecule has 2 aromatic heterocycles. The molecule has 2 aromatic carbocycles. The zero-order valence-electron chi connectivity index (χ0n) is 33.8. The lowest BCUT2D eigenvalue weighted by atomic mass is 10.0. The van der Waals surface area contributed by atoms with E-state index in [1.54, 1.807) is 31.4 Å². The van der Waals surface area contributed by atoms with E-state index < -0.39 is 74.3 Å². The normalized spacial score (nSPS) is 25.9. The number of aryl methyl sites for hydroxylation is 1. The van der Waals surface area contributed by atoms with Crippen LogP contribution >= 0.6 is 0 Å². The van der Waals surface area contributed by atoms with Crippen molar-refractivity contribution in [3.05, 3.63) is 72.3 Å². The Morgan fingerprint density at radius 3 is 2.51 bits per heavy atom. The van der Waals surface area contributed by atoms with Crippen molar-refractivity contribution >= 4 is 50.4 Å². The standard InChI is InChI=1S/C43H51N7O8S/c1-26-16-18-27(19-17-26)34-23-36(50-37(44-34)31-13-10-11-14-32(31)47-50)57-29-22-35-38(51)46-43(40(53)48-59(55,56)30-20-21-30)24-28(43)12-8-6-5-7-9-15-33(39(52)49(35)25-29)45-41(54)58-42(2,3)4/h8,10-14,16-19,23,28-30,33,35H,5-7,9,15,20-22,24-25H2,1-4H3,(H,45,54)(H,46,51)(H,48,53)/b12-8-/t28-,29-,33+,35+,43-/m1/s1. The average molecular weight is 826 g/mol. The lowest BCUT2D eigenvalue weighted by Gasteiger charge is -2.30. The van der Waals surface area contributed by atoms with E-state index in [9.17, 15) is 27.6 Å². The molecule has 59 heavy (non-hydrogen) atoms. The monoisotopic (exact) mass is 825 g/mol. The first-order chi connectivity index (χ1) is 28.1. The predicted molar refractivity (Wildman–Crippen MR) is 220 cm³/mol. The molecule has 5 atom stereocenters. The summed E-state index contributed by atoms with van der Waals surface area (Å²) < 4.78 is 42.0. The zero-order valence-corrected chi connectivity index (χ0v) is 34.6. The first-order valence-corrected chi connectivity index (χ1v) is 22.0. The SMILES string of the molecule is Cc1ccc(-c2cc(O[C@@H]3C[C@H]4C(=O)N[C@]5(C(=O)NS(=O)(=O)C6CC6)C[C@H]5/C=C\CCCCC[C@H](NC(=O)OC(C)(C)C)C(=O)N4C3)n3nc4ccccc4c3n2)cc1. The summed E-state index contributed by atoms with van der Waals surface area (Å²) in [5, 5.41) is 10.7. The van der Waals surface area contributed by atoms with Gasteiger partial charge >= 0.3 is 6.09 Å². The summed E-state index contributed by atoms with van der Waals surface area (Å²) in [6, 6.07) is 15.2. The van der Waals surface area contributed by atoms with Gasteiger partial charge in [0.1, 0.15) is 29.3 Å². The summed E-state index contributed by atoms with van der Waals surface area (Å²) in [5.74, 6) is -2.01. The summed E-state index contributed by atoms with van der Waals surface area (Å²) in [6.07, 6.45) is 6.63. The molecule has 15 nitrogen and oxygen atoms in total. The van der Waals surface area contributed by atoms with Crippen molar-refractivity contribution in [1.29, 1.82) is 0 Å². The fourth-order valence-electron chi connectivity index (χ4n) is 8.03. The van der Waals surface area contributed by atoms with Gasteiger partial charge in [0, 0.05) is 29.4 Å².